The Labute approximate surface area is 165 Å². The third-order valence-corrected chi connectivity index (χ3v) is 5.53. The number of esters is 1. The first-order valence-electron chi connectivity index (χ1n) is 8.33. The van der Waals surface area contributed by atoms with Gasteiger partial charge in [0.2, 0.25) is 0 Å². The molecule has 0 aliphatic rings. The molecule has 0 fully saturated rings. The summed E-state index contributed by atoms with van der Waals surface area (Å²) in [7, 11) is 0. The highest BCUT2D eigenvalue weighted by Gasteiger charge is 2.16. The molecule has 0 aliphatic heterocycles. The molecule has 0 spiro atoms. The smallest absolute Gasteiger partial charge is 0.330 e. The SMILES string of the molecule is CCOC(=O)C=Cc1ccc(NC(=O)c2sc(-c3ccsc3)nc2C)cc1. The van der Waals surface area contributed by atoms with Crippen molar-refractivity contribution in [2.75, 3.05) is 11.9 Å². The zero-order valence-corrected chi connectivity index (χ0v) is 16.5. The second-order valence-electron chi connectivity index (χ2n) is 5.61. The van der Waals surface area contributed by atoms with E-state index in [2.05, 4.69) is 10.3 Å². The summed E-state index contributed by atoms with van der Waals surface area (Å²) in [5, 5.41) is 7.74. The van der Waals surface area contributed by atoms with Crippen LogP contribution >= 0.6 is 22.7 Å². The predicted molar refractivity (Wildman–Crippen MR) is 110 cm³/mol. The van der Waals surface area contributed by atoms with Gasteiger partial charge >= 0.3 is 5.97 Å². The topological polar surface area (TPSA) is 68.3 Å². The van der Waals surface area contributed by atoms with Gasteiger partial charge in [0, 0.05) is 22.7 Å². The molecule has 0 atom stereocenters. The molecule has 0 saturated heterocycles. The van der Waals surface area contributed by atoms with Crippen LogP contribution < -0.4 is 5.32 Å². The largest absolute Gasteiger partial charge is 0.463 e. The van der Waals surface area contributed by atoms with E-state index in [0.717, 1.165) is 16.1 Å². The molecule has 0 aliphatic carbocycles. The van der Waals surface area contributed by atoms with Crippen molar-refractivity contribution in [3.05, 3.63) is 63.3 Å². The summed E-state index contributed by atoms with van der Waals surface area (Å²) in [6.07, 6.45) is 3.05. The number of carbonyl (C=O) groups is 2. The van der Waals surface area contributed by atoms with Gasteiger partial charge in [-0.2, -0.15) is 11.3 Å². The van der Waals surface area contributed by atoms with Crippen molar-refractivity contribution in [1.82, 2.24) is 4.98 Å². The molecular weight excluding hydrogens is 380 g/mol. The fourth-order valence-corrected chi connectivity index (χ4v) is 4.01. The number of thiophene rings is 1. The minimum atomic E-state index is -0.378. The first kappa shape index (κ1) is 19.0. The maximum Gasteiger partial charge on any atom is 0.330 e. The average molecular weight is 399 g/mol. The quantitative estimate of drug-likeness (QED) is 0.468. The van der Waals surface area contributed by atoms with Crippen LogP contribution in [0, 0.1) is 6.92 Å². The third-order valence-electron chi connectivity index (χ3n) is 3.64. The van der Waals surface area contributed by atoms with Gasteiger partial charge in [-0.1, -0.05) is 12.1 Å². The molecule has 27 heavy (non-hydrogen) atoms. The highest BCUT2D eigenvalue weighted by molar-refractivity contribution is 7.17. The predicted octanol–water partition coefficient (Wildman–Crippen LogP) is 5.01. The minimum Gasteiger partial charge on any atom is -0.463 e. The van der Waals surface area contributed by atoms with Gasteiger partial charge in [0.1, 0.15) is 9.88 Å². The summed E-state index contributed by atoms with van der Waals surface area (Å²) in [6.45, 7) is 3.95. The van der Waals surface area contributed by atoms with Crippen molar-refractivity contribution >= 4 is 46.3 Å². The van der Waals surface area contributed by atoms with E-state index in [0.29, 0.717) is 22.9 Å². The summed E-state index contributed by atoms with van der Waals surface area (Å²) in [5.74, 6) is -0.557. The van der Waals surface area contributed by atoms with E-state index < -0.39 is 0 Å². The van der Waals surface area contributed by atoms with Crippen LogP contribution in [0.15, 0.2) is 47.2 Å². The molecular formula is C20H18N2O3S2. The van der Waals surface area contributed by atoms with Gasteiger partial charge < -0.3 is 10.1 Å². The second kappa shape index (κ2) is 8.75. The van der Waals surface area contributed by atoms with Gasteiger partial charge in [-0.15, -0.1) is 11.3 Å². The summed E-state index contributed by atoms with van der Waals surface area (Å²) in [6, 6.07) is 9.22. The minimum absolute atomic E-state index is 0.179. The third kappa shape index (κ3) is 4.90. The first-order valence-corrected chi connectivity index (χ1v) is 10.1. The van der Waals surface area contributed by atoms with Crippen molar-refractivity contribution in [2.45, 2.75) is 13.8 Å². The molecule has 2 aromatic heterocycles. The van der Waals surface area contributed by atoms with E-state index in [1.807, 2.05) is 35.9 Å². The molecule has 138 valence electrons. The second-order valence-corrected chi connectivity index (χ2v) is 7.39. The summed E-state index contributed by atoms with van der Waals surface area (Å²) in [5.41, 5.74) is 3.27. The molecule has 3 aromatic rings. The lowest BCUT2D eigenvalue weighted by atomic mass is 10.2. The van der Waals surface area contributed by atoms with Gasteiger partial charge in [-0.05, 0) is 49.1 Å². The van der Waals surface area contributed by atoms with Crippen LogP contribution in [-0.4, -0.2) is 23.5 Å². The number of carbonyl (C=O) groups excluding carboxylic acids is 2. The number of nitrogens with one attached hydrogen (secondary N) is 1. The van der Waals surface area contributed by atoms with Crippen LogP contribution in [-0.2, 0) is 9.53 Å². The number of amides is 1. The first-order chi connectivity index (χ1) is 13.1. The molecule has 0 unspecified atom stereocenters. The van der Waals surface area contributed by atoms with Crippen LogP contribution in [0.3, 0.4) is 0 Å². The number of hydrogen-bond donors (Lipinski definition) is 1. The summed E-state index contributed by atoms with van der Waals surface area (Å²) in [4.78, 5) is 29.0. The van der Waals surface area contributed by atoms with Gasteiger partial charge in [0.25, 0.3) is 5.91 Å². The van der Waals surface area contributed by atoms with Crippen LogP contribution in [0.1, 0.15) is 27.9 Å². The Morgan fingerprint density at radius 1 is 1.22 bits per heavy atom. The fourth-order valence-electron chi connectivity index (χ4n) is 2.34. The van der Waals surface area contributed by atoms with E-state index in [-0.39, 0.29) is 11.9 Å². The maximum absolute atomic E-state index is 12.6. The maximum atomic E-state index is 12.6. The molecule has 1 amide bonds. The fraction of sp³-hybridized carbons (Fsp3) is 0.150. The van der Waals surface area contributed by atoms with Crippen LogP contribution in [0.4, 0.5) is 5.69 Å². The summed E-state index contributed by atoms with van der Waals surface area (Å²) < 4.78 is 4.84. The van der Waals surface area contributed by atoms with E-state index >= 15 is 0 Å². The number of aryl methyl sites for hydroxylation is 1. The zero-order chi connectivity index (χ0) is 19.2. The van der Waals surface area contributed by atoms with Gasteiger partial charge in [0.05, 0.1) is 12.3 Å². The number of hydrogen-bond acceptors (Lipinski definition) is 6. The molecule has 5 nitrogen and oxygen atoms in total. The van der Waals surface area contributed by atoms with Crippen molar-refractivity contribution < 1.29 is 14.3 Å². The number of thiazole rings is 1. The molecule has 3 rings (SSSR count). The molecule has 0 radical (unpaired) electrons. The van der Waals surface area contributed by atoms with Crippen LogP contribution in [0.2, 0.25) is 0 Å². The van der Waals surface area contributed by atoms with E-state index in [4.69, 9.17) is 4.74 Å². The number of ether oxygens (including phenoxy) is 1. The van der Waals surface area contributed by atoms with Gasteiger partial charge in [0.15, 0.2) is 0 Å². The average Bonchev–Trinajstić information content (AvgIpc) is 3.31. The Bertz CT molecular complexity index is 958. The molecule has 0 bridgehead atoms. The number of anilines is 1. The molecule has 2 heterocycles. The Hall–Kier alpha value is -2.77. The highest BCUT2D eigenvalue weighted by atomic mass is 32.1. The Balaban J connectivity index is 1.67. The van der Waals surface area contributed by atoms with Gasteiger partial charge in [-0.25, -0.2) is 9.78 Å². The standard InChI is InChI=1S/C20H18N2O3S2/c1-3-25-17(23)9-6-14-4-7-16(8-5-14)22-19(24)18-13(2)21-20(27-18)15-10-11-26-12-15/h4-12H,3H2,1-2H3,(H,22,24). The number of aromatic nitrogens is 1. The highest BCUT2D eigenvalue weighted by Crippen LogP contribution is 2.29. The van der Waals surface area contributed by atoms with Crippen LogP contribution in [0.25, 0.3) is 16.6 Å². The Kier molecular flexibility index (Phi) is 6.16. The number of benzene rings is 1. The zero-order valence-electron chi connectivity index (χ0n) is 14.9. The molecule has 7 heteroatoms. The number of nitrogens with zero attached hydrogens (tertiary/aromatic N) is 1. The van der Waals surface area contributed by atoms with Gasteiger partial charge in [-0.3, -0.25) is 4.79 Å². The van der Waals surface area contributed by atoms with E-state index in [1.165, 1.54) is 17.4 Å². The van der Waals surface area contributed by atoms with Crippen molar-refractivity contribution in [3.8, 4) is 10.6 Å². The Morgan fingerprint density at radius 2 is 2.00 bits per heavy atom. The Morgan fingerprint density at radius 3 is 2.67 bits per heavy atom. The molecule has 0 saturated carbocycles. The van der Waals surface area contributed by atoms with Crippen molar-refractivity contribution in [2.24, 2.45) is 0 Å². The van der Waals surface area contributed by atoms with Crippen LogP contribution in [0.5, 0.6) is 0 Å². The number of rotatable bonds is 6. The van der Waals surface area contributed by atoms with Crippen molar-refractivity contribution in [3.63, 3.8) is 0 Å². The lowest BCUT2D eigenvalue weighted by molar-refractivity contribution is -0.137. The monoisotopic (exact) mass is 398 g/mol. The summed E-state index contributed by atoms with van der Waals surface area (Å²) >= 11 is 2.99. The lowest BCUT2D eigenvalue weighted by Gasteiger charge is -2.04. The van der Waals surface area contributed by atoms with E-state index in [9.17, 15) is 9.59 Å². The van der Waals surface area contributed by atoms with Crippen molar-refractivity contribution in [1.29, 1.82) is 0 Å². The normalized spacial score (nSPS) is 10.9. The lowest BCUT2D eigenvalue weighted by Crippen LogP contribution is -2.11. The molecule has 1 N–H and O–H groups in total. The molecule has 1 aromatic carbocycles. The van der Waals surface area contributed by atoms with E-state index in [1.54, 1.807) is 36.5 Å².